The third-order valence-corrected chi connectivity index (χ3v) is 2.61. The van der Waals surface area contributed by atoms with Crippen molar-refractivity contribution in [3.8, 4) is 0 Å². The van der Waals surface area contributed by atoms with Gasteiger partial charge in [-0.05, 0) is 25.7 Å². The summed E-state index contributed by atoms with van der Waals surface area (Å²) in [5, 5.41) is 8.91. The molecule has 82 valence electrons. The van der Waals surface area contributed by atoms with E-state index in [0.29, 0.717) is 13.0 Å². The first-order valence-electron chi connectivity index (χ1n) is 5.63. The van der Waals surface area contributed by atoms with E-state index in [1.807, 2.05) is 0 Å². The molecule has 0 atom stereocenters. The van der Waals surface area contributed by atoms with Crippen LogP contribution in [0.15, 0.2) is 0 Å². The zero-order valence-electron chi connectivity index (χ0n) is 8.71. The normalized spacial score (nSPS) is 23.4. The predicted molar refractivity (Wildman–Crippen MR) is 53.9 cm³/mol. The minimum Gasteiger partial charge on any atom is -0.466 e. The topological polar surface area (TPSA) is 46.5 Å². The second kappa shape index (κ2) is 6.82. The molecule has 0 aromatic rings. The molecule has 1 N–H and O–H groups in total. The van der Waals surface area contributed by atoms with Crippen molar-refractivity contribution in [2.75, 3.05) is 6.61 Å². The molecule has 0 aromatic heterocycles. The highest BCUT2D eigenvalue weighted by Crippen LogP contribution is 2.16. The number of aliphatic hydroxyl groups excluding tert-OH is 1. The van der Waals surface area contributed by atoms with Crippen molar-refractivity contribution in [1.29, 1.82) is 0 Å². The van der Waals surface area contributed by atoms with E-state index in [9.17, 15) is 4.79 Å². The molecule has 3 nitrogen and oxygen atoms in total. The van der Waals surface area contributed by atoms with Crippen LogP contribution in [0.5, 0.6) is 0 Å². The van der Waals surface area contributed by atoms with Crippen LogP contribution >= 0.6 is 0 Å². The van der Waals surface area contributed by atoms with Crippen LogP contribution in [-0.4, -0.2) is 23.8 Å². The first kappa shape index (κ1) is 11.5. The summed E-state index contributed by atoms with van der Waals surface area (Å²) in [6.07, 6.45) is 8.61. The second-order valence-electron chi connectivity index (χ2n) is 3.97. The maximum atomic E-state index is 10.2. The van der Waals surface area contributed by atoms with Gasteiger partial charge in [-0.3, -0.25) is 4.79 Å². The van der Waals surface area contributed by atoms with Gasteiger partial charge in [0.25, 0.3) is 0 Å². The molecule has 1 aliphatic heterocycles. The van der Waals surface area contributed by atoms with Crippen LogP contribution in [0.3, 0.4) is 0 Å². The molecule has 2 rings (SSSR count). The fourth-order valence-corrected chi connectivity index (χ4v) is 1.71. The van der Waals surface area contributed by atoms with Crippen LogP contribution in [0.1, 0.15) is 51.4 Å². The Hall–Kier alpha value is -0.570. The van der Waals surface area contributed by atoms with Gasteiger partial charge < -0.3 is 9.84 Å². The Morgan fingerprint density at radius 3 is 2.07 bits per heavy atom. The third kappa shape index (κ3) is 5.22. The molecule has 14 heavy (non-hydrogen) atoms. The summed E-state index contributed by atoms with van der Waals surface area (Å²) in [4.78, 5) is 10.2. The number of hydrogen-bond donors (Lipinski definition) is 1. The summed E-state index contributed by atoms with van der Waals surface area (Å²) in [7, 11) is 0. The zero-order valence-corrected chi connectivity index (χ0v) is 8.71. The lowest BCUT2D eigenvalue weighted by atomic mass is 9.98. The number of ether oxygens (including phenoxy) is 1. The Balaban J connectivity index is 0.000000140. The number of esters is 1. The van der Waals surface area contributed by atoms with Crippen LogP contribution in [0.2, 0.25) is 0 Å². The van der Waals surface area contributed by atoms with E-state index >= 15 is 0 Å². The van der Waals surface area contributed by atoms with Crippen molar-refractivity contribution in [2.45, 2.75) is 57.5 Å². The van der Waals surface area contributed by atoms with Crippen molar-refractivity contribution in [2.24, 2.45) is 0 Å². The smallest absolute Gasteiger partial charge is 0.305 e. The number of hydrogen-bond acceptors (Lipinski definition) is 3. The summed E-state index contributed by atoms with van der Waals surface area (Å²) < 4.78 is 4.64. The van der Waals surface area contributed by atoms with E-state index in [-0.39, 0.29) is 12.1 Å². The van der Waals surface area contributed by atoms with Crippen LogP contribution in [0.25, 0.3) is 0 Å². The Kier molecular flexibility index (Phi) is 5.60. The van der Waals surface area contributed by atoms with Crippen LogP contribution in [0.4, 0.5) is 0 Å². The molecule has 2 aliphatic rings. The zero-order chi connectivity index (χ0) is 10.2. The lowest BCUT2D eigenvalue weighted by molar-refractivity contribution is -0.146. The van der Waals surface area contributed by atoms with Crippen LogP contribution in [0, 0.1) is 0 Å². The number of aliphatic hydroxyl groups is 1. The van der Waals surface area contributed by atoms with Gasteiger partial charge in [0.05, 0.1) is 12.7 Å². The van der Waals surface area contributed by atoms with Crippen molar-refractivity contribution in [1.82, 2.24) is 0 Å². The van der Waals surface area contributed by atoms with E-state index in [4.69, 9.17) is 5.11 Å². The third-order valence-electron chi connectivity index (χ3n) is 2.61. The maximum absolute atomic E-state index is 10.2. The summed E-state index contributed by atoms with van der Waals surface area (Å²) in [6.45, 7) is 0.638. The van der Waals surface area contributed by atoms with Gasteiger partial charge in [-0.25, -0.2) is 0 Å². The first-order valence-corrected chi connectivity index (χ1v) is 5.63. The molecule has 1 saturated heterocycles. The Morgan fingerprint density at radius 2 is 1.79 bits per heavy atom. The lowest BCUT2D eigenvalue weighted by Gasteiger charge is -2.14. The molecule has 0 bridgehead atoms. The number of carbonyl (C=O) groups excluding carboxylic acids is 1. The molecular formula is C11H20O3. The Labute approximate surface area is 85.5 Å². The van der Waals surface area contributed by atoms with E-state index in [1.165, 1.54) is 19.3 Å². The highest BCUT2D eigenvalue weighted by Gasteiger charge is 2.07. The molecule has 0 spiro atoms. The quantitative estimate of drug-likeness (QED) is 0.608. The lowest BCUT2D eigenvalue weighted by Crippen LogP contribution is -2.10. The minimum absolute atomic E-state index is 0.0359. The van der Waals surface area contributed by atoms with E-state index in [1.54, 1.807) is 0 Å². The average Bonchev–Trinajstić information content (AvgIpc) is 2.21. The standard InChI is InChI=1S/C6H12O.C5H8O2/c7-6-4-2-1-3-5-6;6-5-3-1-2-4-7-5/h6-7H,1-5H2;1-4H2. The van der Waals surface area contributed by atoms with Gasteiger partial charge in [-0.15, -0.1) is 0 Å². The fraction of sp³-hybridized carbons (Fsp3) is 0.909. The van der Waals surface area contributed by atoms with Crippen molar-refractivity contribution in [3.63, 3.8) is 0 Å². The highest BCUT2D eigenvalue weighted by molar-refractivity contribution is 5.69. The van der Waals surface area contributed by atoms with Crippen molar-refractivity contribution >= 4 is 5.97 Å². The monoisotopic (exact) mass is 200 g/mol. The van der Waals surface area contributed by atoms with Gasteiger partial charge in [-0.2, -0.15) is 0 Å². The predicted octanol–water partition coefficient (Wildman–Crippen LogP) is 2.02. The highest BCUT2D eigenvalue weighted by atomic mass is 16.5. The van der Waals surface area contributed by atoms with Gasteiger partial charge in [0.15, 0.2) is 0 Å². The SMILES string of the molecule is O=C1CCCCO1.OC1CCCCC1. The Morgan fingerprint density at radius 1 is 1.07 bits per heavy atom. The maximum Gasteiger partial charge on any atom is 0.305 e. The van der Waals surface area contributed by atoms with Crippen molar-refractivity contribution < 1.29 is 14.6 Å². The minimum atomic E-state index is -0.0359. The van der Waals surface area contributed by atoms with E-state index in [2.05, 4.69) is 4.74 Å². The molecule has 1 aliphatic carbocycles. The van der Waals surface area contributed by atoms with E-state index < -0.39 is 0 Å². The molecular weight excluding hydrogens is 180 g/mol. The number of cyclic esters (lactones) is 1. The van der Waals surface area contributed by atoms with Gasteiger partial charge in [0.2, 0.25) is 0 Å². The number of carbonyl (C=O) groups is 1. The molecule has 1 heterocycles. The van der Waals surface area contributed by atoms with Crippen LogP contribution < -0.4 is 0 Å². The average molecular weight is 200 g/mol. The molecule has 0 aromatic carbocycles. The number of rotatable bonds is 0. The molecule has 1 saturated carbocycles. The summed E-state index contributed by atoms with van der Waals surface area (Å²) in [5.41, 5.74) is 0. The molecule has 3 heteroatoms. The molecule has 2 fully saturated rings. The largest absolute Gasteiger partial charge is 0.466 e. The van der Waals surface area contributed by atoms with Crippen molar-refractivity contribution in [3.05, 3.63) is 0 Å². The van der Waals surface area contributed by atoms with Gasteiger partial charge in [0, 0.05) is 6.42 Å². The molecule has 0 amide bonds. The van der Waals surface area contributed by atoms with Crippen LogP contribution in [-0.2, 0) is 9.53 Å². The van der Waals surface area contributed by atoms with Gasteiger partial charge in [-0.1, -0.05) is 19.3 Å². The summed E-state index contributed by atoms with van der Waals surface area (Å²) in [5.74, 6) is -0.0359. The summed E-state index contributed by atoms with van der Waals surface area (Å²) >= 11 is 0. The van der Waals surface area contributed by atoms with Gasteiger partial charge in [0.1, 0.15) is 0 Å². The van der Waals surface area contributed by atoms with E-state index in [0.717, 1.165) is 25.7 Å². The fourth-order valence-electron chi connectivity index (χ4n) is 1.71. The summed E-state index contributed by atoms with van der Waals surface area (Å²) in [6, 6.07) is 0. The van der Waals surface area contributed by atoms with Gasteiger partial charge >= 0.3 is 5.97 Å². The second-order valence-corrected chi connectivity index (χ2v) is 3.97. The molecule has 0 unspecified atom stereocenters. The first-order chi connectivity index (χ1) is 6.79. The Bertz CT molecular complexity index is 154. The molecule has 0 radical (unpaired) electrons.